The van der Waals surface area contributed by atoms with E-state index in [0.29, 0.717) is 10.7 Å². The van der Waals surface area contributed by atoms with Gasteiger partial charge in [-0.25, -0.2) is 0 Å². The van der Waals surface area contributed by atoms with Crippen LogP contribution in [0.1, 0.15) is 26.7 Å². The van der Waals surface area contributed by atoms with Gasteiger partial charge in [-0.05, 0) is 37.1 Å². The number of nitrogens with one attached hydrogen (secondary N) is 1. The Kier molecular flexibility index (Phi) is 4.08. The summed E-state index contributed by atoms with van der Waals surface area (Å²) in [5.41, 5.74) is 2.48. The number of halogens is 4. The van der Waals surface area contributed by atoms with Crippen LogP contribution in [0, 0.1) is 0 Å². The Morgan fingerprint density at radius 2 is 2.00 bits per heavy atom. The summed E-state index contributed by atoms with van der Waals surface area (Å²) in [6.07, 6.45) is 0.873. The largest absolute Gasteiger partial charge is 0.405 e. The number of rotatable bonds is 3. The average molecular weight is 343 g/mol. The number of benzene rings is 1. The Hall–Kier alpha value is -1.62. The van der Waals surface area contributed by atoms with E-state index in [1.165, 1.54) is 4.90 Å². The zero-order valence-electron chi connectivity index (χ0n) is 13.0. The van der Waals surface area contributed by atoms with Crippen LogP contribution in [0.15, 0.2) is 24.4 Å². The molecule has 1 aromatic carbocycles. The molecule has 0 bridgehead atoms. The normalized spacial score (nSPS) is 19.7. The zero-order valence-corrected chi connectivity index (χ0v) is 13.7. The van der Waals surface area contributed by atoms with Crippen LogP contribution >= 0.6 is 11.6 Å². The Balaban J connectivity index is 2.29. The molecule has 0 radical (unpaired) electrons. The van der Waals surface area contributed by atoms with Crippen molar-refractivity contribution in [3.8, 4) is 0 Å². The highest BCUT2D eigenvalue weighted by Gasteiger charge is 2.37. The molecule has 0 aromatic heterocycles. The summed E-state index contributed by atoms with van der Waals surface area (Å²) in [6, 6.07) is 3.27. The van der Waals surface area contributed by atoms with Gasteiger partial charge in [0.05, 0.1) is 5.03 Å². The molecule has 0 amide bonds. The third kappa shape index (κ3) is 2.82. The highest BCUT2D eigenvalue weighted by Crippen LogP contribution is 2.31. The lowest BCUT2D eigenvalue weighted by atomic mass is 10.0. The van der Waals surface area contributed by atoms with E-state index < -0.39 is 12.7 Å². The molecule has 2 nitrogen and oxygen atoms in total. The van der Waals surface area contributed by atoms with Crippen LogP contribution in [0.25, 0.3) is 10.6 Å². The van der Waals surface area contributed by atoms with Crippen molar-refractivity contribution < 1.29 is 13.2 Å². The molecule has 1 atom stereocenters. The lowest BCUT2D eigenvalue weighted by molar-refractivity contribution is -0.120. The molecule has 2 aliphatic rings. The van der Waals surface area contributed by atoms with Gasteiger partial charge >= 0.3 is 6.18 Å². The molecule has 2 heterocycles. The average Bonchev–Trinajstić information content (AvgIpc) is 2.72. The Morgan fingerprint density at radius 1 is 1.26 bits per heavy atom. The van der Waals surface area contributed by atoms with E-state index in [1.54, 1.807) is 24.4 Å². The predicted octanol–water partition coefficient (Wildman–Crippen LogP) is 3.69. The second-order valence-electron chi connectivity index (χ2n) is 5.90. The van der Waals surface area contributed by atoms with Gasteiger partial charge < -0.3 is 10.2 Å². The molecule has 0 spiro atoms. The first-order valence-electron chi connectivity index (χ1n) is 7.66. The molecule has 1 aromatic rings. The van der Waals surface area contributed by atoms with Gasteiger partial charge in [0, 0.05) is 34.1 Å². The minimum Gasteiger partial charge on any atom is -0.361 e. The molecular formula is C17H18ClF3N2. The van der Waals surface area contributed by atoms with Crippen molar-refractivity contribution in [1.82, 2.24) is 0 Å². The fourth-order valence-corrected chi connectivity index (χ4v) is 3.70. The first kappa shape index (κ1) is 16.2. The molecule has 0 fully saturated rings. The predicted molar refractivity (Wildman–Crippen MR) is 88.9 cm³/mol. The van der Waals surface area contributed by atoms with Crippen molar-refractivity contribution >= 4 is 33.6 Å². The number of hydrogen-bond donors (Lipinski definition) is 1. The molecule has 3 rings (SSSR count). The number of anilines is 2. The van der Waals surface area contributed by atoms with Gasteiger partial charge in [0.1, 0.15) is 6.54 Å². The van der Waals surface area contributed by atoms with Gasteiger partial charge in [-0.3, -0.25) is 0 Å². The lowest BCUT2D eigenvalue weighted by Crippen LogP contribution is -2.39. The highest BCUT2D eigenvalue weighted by molar-refractivity contribution is 6.47. The van der Waals surface area contributed by atoms with E-state index in [4.69, 9.17) is 11.6 Å². The maximum absolute atomic E-state index is 13.0. The minimum atomic E-state index is -4.24. The standard InChI is InChI=1S/C17H18ClF3N2/c1-3-4-11-10(2)23(9-17(19,20)21)14-6-5-13-16(15(11)14)12(18)7-8-22-13/h5-8,10,22H,3-4,9H2,1-2H3. The summed E-state index contributed by atoms with van der Waals surface area (Å²) in [7, 11) is 0. The third-order valence-corrected chi connectivity index (χ3v) is 4.68. The van der Waals surface area contributed by atoms with Crippen molar-refractivity contribution in [2.75, 3.05) is 16.8 Å². The highest BCUT2D eigenvalue weighted by atomic mass is 35.5. The molecule has 0 saturated heterocycles. The smallest absolute Gasteiger partial charge is 0.361 e. The molecular weight excluding hydrogens is 325 g/mol. The van der Waals surface area contributed by atoms with Crippen LogP contribution in [-0.4, -0.2) is 18.8 Å². The SMILES string of the molecule is CCCC1=c2c(ccc3c2=C(Cl)C=CN3)N(CC(F)(F)F)C1C. The first-order chi connectivity index (χ1) is 10.8. The van der Waals surface area contributed by atoms with Crippen LogP contribution in [0.5, 0.6) is 0 Å². The van der Waals surface area contributed by atoms with Crippen molar-refractivity contribution in [2.24, 2.45) is 0 Å². The van der Waals surface area contributed by atoms with E-state index in [0.717, 1.165) is 34.5 Å². The number of alkyl halides is 3. The van der Waals surface area contributed by atoms with Crippen molar-refractivity contribution in [3.63, 3.8) is 0 Å². The topological polar surface area (TPSA) is 15.3 Å². The minimum absolute atomic E-state index is 0.284. The van der Waals surface area contributed by atoms with Gasteiger partial charge in [-0.15, -0.1) is 0 Å². The molecule has 1 unspecified atom stereocenters. The second kappa shape index (κ2) is 5.78. The molecule has 2 aliphatic heterocycles. The maximum Gasteiger partial charge on any atom is 0.405 e. The van der Waals surface area contributed by atoms with E-state index >= 15 is 0 Å². The van der Waals surface area contributed by atoms with Gasteiger partial charge in [-0.1, -0.05) is 24.9 Å². The summed E-state index contributed by atoms with van der Waals surface area (Å²) in [4.78, 5) is 1.43. The van der Waals surface area contributed by atoms with Crippen LogP contribution in [0.3, 0.4) is 0 Å². The van der Waals surface area contributed by atoms with E-state index in [9.17, 15) is 13.2 Å². The fraction of sp³-hybridized carbons (Fsp3) is 0.412. The lowest BCUT2D eigenvalue weighted by Gasteiger charge is -2.28. The van der Waals surface area contributed by atoms with Gasteiger partial charge in [0.25, 0.3) is 0 Å². The van der Waals surface area contributed by atoms with E-state index in [-0.39, 0.29) is 6.04 Å². The summed E-state index contributed by atoms with van der Waals surface area (Å²) in [6.45, 7) is 2.92. The number of hydrogen-bond acceptors (Lipinski definition) is 2. The first-order valence-corrected chi connectivity index (χ1v) is 8.03. The second-order valence-corrected chi connectivity index (χ2v) is 6.31. The Bertz CT molecular complexity index is 780. The quantitative estimate of drug-likeness (QED) is 0.901. The molecule has 23 heavy (non-hydrogen) atoms. The summed E-state index contributed by atoms with van der Waals surface area (Å²) < 4.78 is 39.0. The van der Waals surface area contributed by atoms with Gasteiger partial charge in [0.2, 0.25) is 0 Å². The monoisotopic (exact) mass is 342 g/mol. The number of fused-ring (bicyclic) bond motifs is 3. The van der Waals surface area contributed by atoms with Crippen molar-refractivity contribution in [3.05, 3.63) is 34.8 Å². The molecule has 124 valence electrons. The third-order valence-electron chi connectivity index (χ3n) is 4.36. The summed E-state index contributed by atoms with van der Waals surface area (Å²) >= 11 is 6.36. The summed E-state index contributed by atoms with van der Waals surface area (Å²) in [5.74, 6) is 0. The van der Waals surface area contributed by atoms with Crippen molar-refractivity contribution in [1.29, 1.82) is 0 Å². The zero-order chi connectivity index (χ0) is 16.8. The van der Waals surface area contributed by atoms with Crippen LogP contribution in [0.4, 0.5) is 24.5 Å². The van der Waals surface area contributed by atoms with Crippen LogP contribution in [0.2, 0.25) is 0 Å². The number of allylic oxidation sites excluding steroid dienone is 1. The molecule has 0 saturated carbocycles. The van der Waals surface area contributed by atoms with Gasteiger partial charge in [-0.2, -0.15) is 13.2 Å². The van der Waals surface area contributed by atoms with Gasteiger partial charge in [0.15, 0.2) is 0 Å². The van der Waals surface area contributed by atoms with Crippen molar-refractivity contribution in [2.45, 2.75) is 38.9 Å². The fourth-order valence-electron chi connectivity index (χ4n) is 3.44. The van der Waals surface area contributed by atoms with E-state index in [1.807, 2.05) is 13.8 Å². The molecule has 6 heteroatoms. The van der Waals surface area contributed by atoms with Crippen LogP contribution < -0.4 is 20.7 Å². The Labute approximate surface area is 137 Å². The molecule has 1 N–H and O–H groups in total. The summed E-state index contributed by atoms with van der Waals surface area (Å²) in [5, 5.41) is 5.36. The Morgan fingerprint density at radius 3 is 2.65 bits per heavy atom. The molecule has 0 aliphatic carbocycles. The number of nitrogens with zero attached hydrogens (tertiary/aromatic N) is 1. The maximum atomic E-state index is 13.0. The van der Waals surface area contributed by atoms with E-state index in [2.05, 4.69) is 5.32 Å². The van der Waals surface area contributed by atoms with Crippen LogP contribution in [-0.2, 0) is 0 Å².